The summed E-state index contributed by atoms with van der Waals surface area (Å²) < 4.78 is 0. The lowest BCUT2D eigenvalue weighted by Crippen LogP contribution is -2.51. The van der Waals surface area contributed by atoms with Gasteiger partial charge in [0.2, 0.25) is 5.91 Å². The van der Waals surface area contributed by atoms with Gasteiger partial charge in [0.15, 0.2) is 0 Å². The molecule has 1 aromatic carbocycles. The van der Waals surface area contributed by atoms with E-state index in [2.05, 4.69) is 48.7 Å². The molecule has 0 bridgehead atoms. The van der Waals surface area contributed by atoms with Gasteiger partial charge in [-0.1, -0.05) is 36.8 Å². The summed E-state index contributed by atoms with van der Waals surface area (Å²) in [6.07, 6.45) is 3.28. The molecule has 0 radical (unpaired) electrons. The highest BCUT2D eigenvalue weighted by molar-refractivity contribution is 5.87. The van der Waals surface area contributed by atoms with Crippen LogP contribution in [-0.4, -0.2) is 42.5 Å². The summed E-state index contributed by atoms with van der Waals surface area (Å²) in [6.45, 7) is 4.78. The Hall–Kier alpha value is -2.04. The minimum atomic E-state index is -0.336. The Bertz CT molecular complexity index is 542. The van der Waals surface area contributed by atoms with Gasteiger partial charge in [-0.15, -0.1) is 0 Å². The lowest BCUT2D eigenvalue weighted by molar-refractivity contribution is -0.124. The van der Waals surface area contributed by atoms with Crippen LogP contribution in [0.1, 0.15) is 37.3 Å². The van der Waals surface area contributed by atoms with E-state index in [0.717, 1.165) is 25.7 Å². The Morgan fingerprint density at radius 1 is 1.30 bits per heavy atom. The average Bonchev–Trinajstić information content (AvgIpc) is 3.05. The maximum Gasteiger partial charge on any atom is 0.318 e. The third kappa shape index (κ3) is 4.47. The molecule has 0 aromatic heterocycles. The van der Waals surface area contributed by atoms with E-state index in [1.807, 2.05) is 0 Å². The summed E-state index contributed by atoms with van der Waals surface area (Å²) in [6, 6.07) is 8.00. The number of aryl methyl sites for hydroxylation is 1. The summed E-state index contributed by atoms with van der Waals surface area (Å²) >= 11 is 0. The maximum atomic E-state index is 12.5. The number of rotatable bonds is 5. The molecule has 2 N–H and O–H groups in total. The number of amides is 3. The molecule has 0 saturated carbocycles. The predicted octanol–water partition coefficient (Wildman–Crippen LogP) is 2.24. The summed E-state index contributed by atoms with van der Waals surface area (Å²) in [5.41, 5.74) is 2.45. The van der Waals surface area contributed by atoms with E-state index in [9.17, 15) is 9.59 Å². The average molecular weight is 317 g/mol. The molecule has 126 valence electrons. The van der Waals surface area contributed by atoms with Gasteiger partial charge in [0, 0.05) is 19.6 Å². The minimum absolute atomic E-state index is 0.0794. The van der Waals surface area contributed by atoms with E-state index in [4.69, 9.17) is 0 Å². The molecule has 0 spiro atoms. The highest BCUT2D eigenvalue weighted by Gasteiger charge is 2.34. The van der Waals surface area contributed by atoms with Crippen LogP contribution in [0, 0.1) is 6.92 Å². The molecule has 1 aliphatic rings. The third-order valence-corrected chi connectivity index (χ3v) is 4.49. The van der Waals surface area contributed by atoms with Gasteiger partial charge in [0.1, 0.15) is 6.04 Å². The number of nitrogens with one attached hydrogen (secondary N) is 2. The van der Waals surface area contributed by atoms with E-state index in [1.54, 1.807) is 11.9 Å². The standard InChI is InChI=1S/C18H27N3O2/c1-4-15(12-14-9-7-13(2)8-10-14)20-18(23)21-11-5-6-16(21)17(22)19-3/h7-10,15-16H,4-6,11-12H2,1-3H3,(H,19,22)(H,20,23)/t15-,16-/m0/s1. The van der Waals surface area contributed by atoms with Crippen LogP contribution in [0.2, 0.25) is 0 Å². The smallest absolute Gasteiger partial charge is 0.318 e. The van der Waals surface area contributed by atoms with Gasteiger partial charge in [-0.3, -0.25) is 4.79 Å². The fraction of sp³-hybridized carbons (Fsp3) is 0.556. The first-order valence-electron chi connectivity index (χ1n) is 8.39. The number of carbonyl (C=O) groups is 2. The molecule has 1 aromatic rings. The molecule has 1 fully saturated rings. The van der Waals surface area contributed by atoms with Crippen molar-refractivity contribution in [3.63, 3.8) is 0 Å². The van der Waals surface area contributed by atoms with Crippen molar-refractivity contribution < 1.29 is 9.59 Å². The number of benzene rings is 1. The molecular formula is C18H27N3O2. The van der Waals surface area contributed by atoms with Crippen molar-refractivity contribution >= 4 is 11.9 Å². The van der Waals surface area contributed by atoms with Gasteiger partial charge in [0.25, 0.3) is 0 Å². The largest absolute Gasteiger partial charge is 0.357 e. The molecule has 1 aliphatic heterocycles. The lowest BCUT2D eigenvalue weighted by atomic mass is 10.0. The Balaban J connectivity index is 1.96. The molecule has 3 amide bonds. The molecule has 5 nitrogen and oxygen atoms in total. The van der Waals surface area contributed by atoms with Crippen LogP contribution < -0.4 is 10.6 Å². The van der Waals surface area contributed by atoms with E-state index in [-0.39, 0.29) is 24.0 Å². The van der Waals surface area contributed by atoms with E-state index in [1.165, 1.54) is 11.1 Å². The number of hydrogen-bond acceptors (Lipinski definition) is 2. The second-order valence-electron chi connectivity index (χ2n) is 6.21. The summed E-state index contributed by atoms with van der Waals surface area (Å²) in [5.74, 6) is -0.0794. The lowest BCUT2D eigenvalue weighted by Gasteiger charge is -2.26. The fourth-order valence-electron chi connectivity index (χ4n) is 3.01. The van der Waals surface area contributed by atoms with Crippen molar-refractivity contribution in [1.82, 2.24) is 15.5 Å². The summed E-state index contributed by atoms with van der Waals surface area (Å²) in [5, 5.41) is 5.73. The van der Waals surface area contributed by atoms with Gasteiger partial charge >= 0.3 is 6.03 Å². The van der Waals surface area contributed by atoms with E-state index >= 15 is 0 Å². The van der Waals surface area contributed by atoms with Crippen molar-refractivity contribution in [2.45, 2.75) is 51.6 Å². The number of urea groups is 1. The zero-order valence-corrected chi connectivity index (χ0v) is 14.3. The second-order valence-corrected chi connectivity index (χ2v) is 6.21. The Labute approximate surface area is 138 Å². The molecule has 1 heterocycles. The Kier molecular flexibility index (Phi) is 6.02. The molecular weight excluding hydrogens is 290 g/mol. The van der Waals surface area contributed by atoms with Gasteiger partial charge in [-0.05, 0) is 38.2 Å². The monoisotopic (exact) mass is 317 g/mol. The van der Waals surface area contributed by atoms with Crippen LogP contribution in [0.5, 0.6) is 0 Å². The molecule has 2 rings (SSSR count). The van der Waals surface area contributed by atoms with Crippen LogP contribution >= 0.6 is 0 Å². The quantitative estimate of drug-likeness (QED) is 0.875. The number of nitrogens with zero attached hydrogens (tertiary/aromatic N) is 1. The first-order valence-corrected chi connectivity index (χ1v) is 8.39. The summed E-state index contributed by atoms with van der Waals surface area (Å²) in [4.78, 5) is 26.1. The fourth-order valence-corrected chi connectivity index (χ4v) is 3.01. The van der Waals surface area contributed by atoms with Crippen LogP contribution in [-0.2, 0) is 11.2 Å². The molecule has 0 aliphatic carbocycles. The van der Waals surface area contributed by atoms with Crippen molar-refractivity contribution in [3.8, 4) is 0 Å². The van der Waals surface area contributed by atoms with Crippen molar-refractivity contribution in [3.05, 3.63) is 35.4 Å². The Morgan fingerprint density at radius 3 is 2.61 bits per heavy atom. The zero-order chi connectivity index (χ0) is 16.8. The number of likely N-dealkylation sites (tertiary alicyclic amines) is 1. The molecule has 5 heteroatoms. The zero-order valence-electron chi connectivity index (χ0n) is 14.3. The normalized spacial score (nSPS) is 18.6. The van der Waals surface area contributed by atoms with Crippen LogP contribution in [0.3, 0.4) is 0 Å². The first kappa shape index (κ1) is 17.3. The third-order valence-electron chi connectivity index (χ3n) is 4.49. The second kappa shape index (κ2) is 7.99. The van der Waals surface area contributed by atoms with Gasteiger partial charge < -0.3 is 15.5 Å². The van der Waals surface area contributed by atoms with Crippen LogP contribution in [0.15, 0.2) is 24.3 Å². The number of hydrogen-bond donors (Lipinski definition) is 2. The first-order chi connectivity index (χ1) is 11.0. The van der Waals surface area contributed by atoms with Gasteiger partial charge in [0.05, 0.1) is 0 Å². The highest BCUT2D eigenvalue weighted by Crippen LogP contribution is 2.18. The molecule has 23 heavy (non-hydrogen) atoms. The predicted molar refractivity (Wildman–Crippen MR) is 91.3 cm³/mol. The molecule has 1 saturated heterocycles. The van der Waals surface area contributed by atoms with Gasteiger partial charge in [-0.2, -0.15) is 0 Å². The van der Waals surface area contributed by atoms with Gasteiger partial charge in [-0.25, -0.2) is 4.79 Å². The number of likely N-dealkylation sites (N-methyl/N-ethyl adjacent to an activating group) is 1. The SMILES string of the molecule is CC[C@@H](Cc1ccc(C)cc1)NC(=O)N1CCC[C@H]1C(=O)NC. The van der Waals surface area contributed by atoms with Crippen molar-refractivity contribution in [2.24, 2.45) is 0 Å². The molecule has 2 atom stereocenters. The highest BCUT2D eigenvalue weighted by atomic mass is 16.2. The van der Waals surface area contributed by atoms with E-state index in [0.29, 0.717) is 6.54 Å². The minimum Gasteiger partial charge on any atom is -0.357 e. The summed E-state index contributed by atoms with van der Waals surface area (Å²) in [7, 11) is 1.61. The van der Waals surface area contributed by atoms with Crippen LogP contribution in [0.25, 0.3) is 0 Å². The maximum absolute atomic E-state index is 12.5. The van der Waals surface area contributed by atoms with Crippen molar-refractivity contribution in [1.29, 1.82) is 0 Å². The van der Waals surface area contributed by atoms with Crippen LogP contribution in [0.4, 0.5) is 4.79 Å². The van der Waals surface area contributed by atoms with E-state index < -0.39 is 0 Å². The van der Waals surface area contributed by atoms with Crippen molar-refractivity contribution in [2.75, 3.05) is 13.6 Å². The Morgan fingerprint density at radius 2 is 2.00 bits per heavy atom. The number of carbonyl (C=O) groups excluding carboxylic acids is 2. The topological polar surface area (TPSA) is 61.4 Å². The molecule has 0 unspecified atom stereocenters.